The lowest BCUT2D eigenvalue weighted by molar-refractivity contribution is -0.129. The summed E-state index contributed by atoms with van der Waals surface area (Å²) >= 11 is 0. The summed E-state index contributed by atoms with van der Waals surface area (Å²) < 4.78 is 5.68. The number of imide groups is 1. The Kier molecular flexibility index (Phi) is 3.57. The van der Waals surface area contributed by atoms with E-state index in [9.17, 15) is 19.6 Å². The fraction of sp³-hybridized carbons (Fsp3) is 0.333. The molecule has 2 amide bonds. The number of rotatable bonds is 0. The predicted octanol–water partition coefficient (Wildman–Crippen LogP) is 2.18. The number of allylic oxidation sites excluding steroid dienone is 1. The Morgan fingerprint density at radius 3 is 2.57 bits per heavy atom. The maximum atomic E-state index is 13.7. The number of carbonyl (C=O) groups excluding carboxylic acids is 3. The molecular weight excluding hydrogens is 358 g/mol. The maximum absolute atomic E-state index is 13.7. The molecule has 142 valence electrons. The Bertz CT molecular complexity index is 1070. The third kappa shape index (κ3) is 2.06. The second kappa shape index (κ2) is 5.55. The zero-order valence-corrected chi connectivity index (χ0v) is 15.8. The van der Waals surface area contributed by atoms with Crippen LogP contribution in [0, 0.1) is 16.7 Å². The molecule has 7 heteroatoms. The third-order valence-corrected chi connectivity index (χ3v) is 5.57. The minimum absolute atomic E-state index is 0.124. The smallest absolute Gasteiger partial charge is 0.254 e. The molecule has 1 spiro atoms. The number of carbonyl (C=O) groups is 3. The van der Waals surface area contributed by atoms with E-state index in [1.165, 1.54) is 6.92 Å². The Balaban J connectivity index is 2.13. The molecule has 0 saturated carbocycles. The van der Waals surface area contributed by atoms with Crippen LogP contribution in [0.3, 0.4) is 0 Å². The molecule has 28 heavy (non-hydrogen) atoms. The number of fused-ring (bicyclic) bond motifs is 3. The number of nitriles is 1. The molecule has 1 unspecified atom stereocenters. The summed E-state index contributed by atoms with van der Waals surface area (Å²) in [6.07, 6.45) is 0.593. The molecule has 4 rings (SSSR count). The van der Waals surface area contributed by atoms with E-state index in [1.807, 2.05) is 19.9 Å². The quantitative estimate of drug-likeness (QED) is 0.741. The fourth-order valence-corrected chi connectivity index (χ4v) is 4.58. The lowest BCUT2D eigenvalue weighted by Gasteiger charge is -2.41. The van der Waals surface area contributed by atoms with E-state index in [4.69, 9.17) is 10.5 Å². The van der Waals surface area contributed by atoms with Crippen LogP contribution in [0.1, 0.15) is 39.2 Å². The summed E-state index contributed by atoms with van der Waals surface area (Å²) in [5, 5.41) is 9.88. The molecule has 3 aliphatic rings. The Labute approximate surface area is 162 Å². The number of para-hydroxylation sites is 1. The minimum Gasteiger partial charge on any atom is -0.444 e. The summed E-state index contributed by atoms with van der Waals surface area (Å²) in [5.74, 6) is -1.35. The summed E-state index contributed by atoms with van der Waals surface area (Å²) in [7, 11) is 0. The molecule has 1 aromatic rings. The topological polar surface area (TPSA) is 113 Å². The second-order valence-electron chi connectivity index (χ2n) is 8.12. The fourth-order valence-electron chi connectivity index (χ4n) is 4.58. The van der Waals surface area contributed by atoms with Crippen molar-refractivity contribution in [3.05, 3.63) is 52.6 Å². The van der Waals surface area contributed by atoms with Crippen LogP contribution in [0.4, 0.5) is 5.69 Å². The van der Waals surface area contributed by atoms with Gasteiger partial charge in [0.05, 0.1) is 11.3 Å². The van der Waals surface area contributed by atoms with Gasteiger partial charge in [-0.3, -0.25) is 14.4 Å². The number of ether oxygens (including phenoxy) is 1. The van der Waals surface area contributed by atoms with E-state index in [0.717, 1.165) is 4.90 Å². The van der Waals surface area contributed by atoms with Crippen LogP contribution in [-0.4, -0.2) is 17.6 Å². The SMILES string of the molecule is CC(=O)N1C(=O)C2(C(C#N)=C(N)OC3=C2C(=O)CC(C)(C)C3)c2ccccc21. The molecule has 1 aliphatic carbocycles. The number of hydrogen-bond acceptors (Lipinski definition) is 6. The molecule has 0 radical (unpaired) electrons. The van der Waals surface area contributed by atoms with Gasteiger partial charge in [-0.2, -0.15) is 5.26 Å². The predicted molar refractivity (Wildman–Crippen MR) is 99.2 cm³/mol. The summed E-state index contributed by atoms with van der Waals surface area (Å²) in [6.45, 7) is 5.13. The van der Waals surface area contributed by atoms with Crippen LogP contribution in [0.2, 0.25) is 0 Å². The highest BCUT2D eigenvalue weighted by molar-refractivity contribution is 6.28. The number of nitrogens with zero attached hydrogens (tertiary/aromatic N) is 2. The molecular formula is C21H19N3O4. The van der Waals surface area contributed by atoms with Crippen LogP contribution >= 0.6 is 0 Å². The van der Waals surface area contributed by atoms with Gasteiger partial charge in [0.15, 0.2) is 5.78 Å². The van der Waals surface area contributed by atoms with Crippen molar-refractivity contribution in [2.24, 2.45) is 11.1 Å². The normalized spacial score (nSPS) is 25.4. The number of nitrogens with two attached hydrogens (primary N) is 1. The highest BCUT2D eigenvalue weighted by Gasteiger charge is 2.63. The molecule has 0 bridgehead atoms. The van der Waals surface area contributed by atoms with Gasteiger partial charge in [0, 0.05) is 25.3 Å². The highest BCUT2D eigenvalue weighted by atomic mass is 16.5. The zero-order chi connectivity index (χ0) is 20.4. The Morgan fingerprint density at radius 1 is 1.25 bits per heavy atom. The van der Waals surface area contributed by atoms with Crippen molar-refractivity contribution >= 4 is 23.3 Å². The van der Waals surface area contributed by atoms with Crippen molar-refractivity contribution in [2.75, 3.05) is 4.90 Å². The summed E-state index contributed by atoms with van der Waals surface area (Å²) in [4.78, 5) is 40.2. The van der Waals surface area contributed by atoms with Gasteiger partial charge in [-0.25, -0.2) is 4.90 Å². The van der Waals surface area contributed by atoms with Gasteiger partial charge in [-0.05, 0) is 11.5 Å². The van der Waals surface area contributed by atoms with Crippen LogP contribution in [0.15, 0.2) is 47.1 Å². The Hall–Kier alpha value is -3.40. The van der Waals surface area contributed by atoms with E-state index < -0.39 is 17.2 Å². The van der Waals surface area contributed by atoms with Crippen molar-refractivity contribution in [2.45, 2.75) is 39.0 Å². The second-order valence-corrected chi connectivity index (χ2v) is 8.12. The molecule has 1 aromatic carbocycles. The Morgan fingerprint density at radius 2 is 1.93 bits per heavy atom. The van der Waals surface area contributed by atoms with Gasteiger partial charge in [0.2, 0.25) is 11.8 Å². The molecule has 2 aliphatic heterocycles. The van der Waals surface area contributed by atoms with Crippen molar-refractivity contribution in [3.63, 3.8) is 0 Å². The van der Waals surface area contributed by atoms with Crippen molar-refractivity contribution in [3.8, 4) is 6.07 Å². The monoisotopic (exact) mass is 377 g/mol. The van der Waals surface area contributed by atoms with E-state index >= 15 is 0 Å². The van der Waals surface area contributed by atoms with Gasteiger partial charge in [0.25, 0.3) is 5.91 Å². The van der Waals surface area contributed by atoms with Crippen LogP contribution < -0.4 is 10.6 Å². The van der Waals surface area contributed by atoms with Crippen LogP contribution in [0.5, 0.6) is 0 Å². The number of hydrogen-bond donors (Lipinski definition) is 1. The lowest BCUT2D eigenvalue weighted by Crippen LogP contribution is -2.51. The standard InChI is InChI=1S/C21H19N3O4/c1-11(25)24-14-7-5-4-6-12(14)21(19(24)27)13(10-22)18(23)28-16-9-20(2,3)8-15(26)17(16)21/h4-7H,8-9,23H2,1-3H3. The van der Waals surface area contributed by atoms with Crippen LogP contribution in [0.25, 0.3) is 0 Å². The number of benzene rings is 1. The first kappa shape index (κ1) is 18.0. The zero-order valence-electron chi connectivity index (χ0n) is 15.8. The molecule has 0 aromatic heterocycles. The van der Waals surface area contributed by atoms with Gasteiger partial charge in [-0.15, -0.1) is 0 Å². The molecule has 7 nitrogen and oxygen atoms in total. The van der Waals surface area contributed by atoms with Crippen LogP contribution in [-0.2, 0) is 24.5 Å². The first-order valence-corrected chi connectivity index (χ1v) is 8.95. The van der Waals surface area contributed by atoms with Gasteiger partial charge < -0.3 is 10.5 Å². The van der Waals surface area contributed by atoms with Crippen molar-refractivity contribution in [1.29, 1.82) is 5.26 Å². The van der Waals surface area contributed by atoms with Gasteiger partial charge in [-0.1, -0.05) is 32.0 Å². The van der Waals surface area contributed by atoms with E-state index in [1.54, 1.807) is 24.3 Å². The number of anilines is 1. The molecule has 0 fully saturated rings. The number of amides is 2. The van der Waals surface area contributed by atoms with E-state index in [0.29, 0.717) is 23.4 Å². The maximum Gasteiger partial charge on any atom is 0.254 e. The first-order valence-electron chi connectivity index (χ1n) is 8.95. The van der Waals surface area contributed by atoms with E-state index in [2.05, 4.69) is 0 Å². The molecule has 0 saturated heterocycles. The largest absolute Gasteiger partial charge is 0.444 e. The third-order valence-electron chi connectivity index (χ3n) is 5.57. The summed E-state index contributed by atoms with van der Waals surface area (Å²) in [6, 6.07) is 8.66. The molecule has 1 atom stereocenters. The minimum atomic E-state index is -1.75. The van der Waals surface area contributed by atoms with Crippen molar-refractivity contribution in [1.82, 2.24) is 0 Å². The molecule has 2 N–H and O–H groups in total. The molecule has 2 heterocycles. The lowest BCUT2D eigenvalue weighted by atomic mass is 9.62. The first-order chi connectivity index (χ1) is 13.1. The van der Waals surface area contributed by atoms with E-state index in [-0.39, 0.29) is 34.6 Å². The number of Topliss-reactive ketones (excluding diaryl/α,β-unsaturated/α-hetero) is 1. The summed E-state index contributed by atoms with van der Waals surface area (Å²) in [5.41, 5.74) is 4.67. The highest BCUT2D eigenvalue weighted by Crippen LogP contribution is 2.57. The average molecular weight is 377 g/mol. The van der Waals surface area contributed by atoms with Gasteiger partial charge in [0.1, 0.15) is 22.8 Å². The van der Waals surface area contributed by atoms with Crippen molar-refractivity contribution < 1.29 is 19.1 Å². The number of ketones is 1. The van der Waals surface area contributed by atoms with Gasteiger partial charge >= 0.3 is 0 Å². The average Bonchev–Trinajstić information content (AvgIpc) is 2.83.